The molecule has 0 aliphatic carbocycles. The van der Waals surface area contributed by atoms with Gasteiger partial charge in [-0.25, -0.2) is 0 Å². The largest absolute Gasteiger partial charge is 0.364 e. The van der Waals surface area contributed by atoms with Crippen LogP contribution in [0.4, 0.5) is 0 Å². The first-order chi connectivity index (χ1) is 15.5. The lowest BCUT2D eigenvalue weighted by Gasteiger charge is -2.19. The summed E-state index contributed by atoms with van der Waals surface area (Å²) in [7, 11) is 0. The molecule has 0 saturated carbocycles. The quantitative estimate of drug-likeness (QED) is 0.433. The molecule has 1 amide bonds. The van der Waals surface area contributed by atoms with Gasteiger partial charge in [0.15, 0.2) is 5.43 Å². The van der Waals surface area contributed by atoms with Crippen LogP contribution in [0.25, 0.3) is 5.69 Å². The van der Waals surface area contributed by atoms with E-state index in [1.807, 2.05) is 41.1 Å². The molecule has 1 aromatic carbocycles. The van der Waals surface area contributed by atoms with E-state index in [-0.39, 0.29) is 22.8 Å². The van der Waals surface area contributed by atoms with Crippen LogP contribution < -0.4 is 10.7 Å². The van der Waals surface area contributed by atoms with Crippen molar-refractivity contribution >= 4 is 40.6 Å². The molecule has 3 aromatic heterocycles. The fraction of sp³-hybridized carbons (Fsp3) is 0.174. The maximum absolute atomic E-state index is 13.2. The maximum atomic E-state index is 13.2. The maximum Gasteiger partial charge on any atom is 0.257 e. The van der Waals surface area contributed by atoms with Crippen LogP contribution in [0.15, 0.2) is 68.3 Å². The average molecular weight is 484 g/mol. The molecule has 1 aliphatic rings. The molecule has 1 aliphatic heterocycles. The molecular weight excluding hydrogens is 466 g/mol. The molecule has 0 saturated heterocycles. The lowest BCUT2D eigenvalue weighted by Crippen LogP contribution is -2.32. The smallest absolute Gasteiger partial charge is 0.257 e. The number of thioether (sulfide) groups is 1. The summed E-state index contributed by atoms with van der Waals surface area (Å²) >= 11 is 9.68. The van der Waals surface area contributed by atoms with Gasteiger partial charge in [-0.1, -0.05) is 22.8 Å². The number of aromatic nitrogens is 2. The van der Waals surface area contributed by atoms with Crippen molar-refractivity contribution in [2.24, 2.45) is 0 Å². The Morgan fingerprint density at radius 1 is 1.31 bits per heavy atom. The monoisotopic (exact) mass is 483 g/mol. The Kier molecular flexibility index (Phi) is 5.67. The predicted molar refractivity (Wildman–Crippen MR) is 126 cm³/mol. The standard InChI is InChI=1S/C23H18ClN3O3S2/c1-13-9-18(28)22(23(29)25-12-15-6-7-30-26-15)17-11-21(19-3-2-8-31-19)32-20-10-14(24)4-5-16(20)27(13)17/h2-10,21H,11-12H2,1H3,(H,25,29). The van der Waals surface area contributed by atoms with Crippen LogP contribution in [-0.4, -0.2) is 15.6 Å². The minimum absolute atomic E-state index is 0.0456. The molecule has 4 heterocycles. The van der Waals surface area contributed by atoms with Crippen molar-refractivity contribution in [1.29, 1.82) is 0 Å². The van der Waals surface area contributed by atoms with E-state index >= 15 is 0 Å². The van der Waals surface area contributed by atoms with Crippen LogP contribution in [0, 0.1) is 6.92 Å². The number of aryl methyl sites for hydroxylation is 1. The fourth-order valence-electron chi connectivity index (χ4n) is 3.92. The number of amides is 1. The third kappa shape index (κ3) is 3.90. The molecule has 1 N–H and O–H groups in total. The van der Waals surface area contributed by atoms with Crippen LogP contribution in [0.5, 0.6) is 0 Å². The van der Waals surface area contributed by atoms with E-state index in [2.05, 4.69) is 16.5 Å². The van der Waals surface area contributed by atoms with Gasteiger partial charge in [0.1, 0.15) is 17.5 Å². The van der Waals surface area contributed by atoms with Gasteiger partial charge in [0, 0.05) is 50.0 Å². The zero-order valence-corrected chi connectivity index (χ0v) is 19.4. The first kappa shape index (κ1) is 21.1. The van der Waals surface area contributed by atoms with E-state index in [1.165, 1.54) is 17.2 Å². The van der Waals surface area contributed by atoms with Gasteiger partial charge in [0.2, 0.25) is 0 Å². The summed E-state index contributed by atoms with van der Waals surface area (Å²) in [6.45, 7) is 2.06. The summed E-state index contributed by atoms with van der Waals surface area (Å²) in [4.78, 5) is 28.4. The SMILES string of the molecule is Cc1cc(=O)c(C(=O)NCc2ccon2)c2n1-c1ccc(Cl)cc1SC(c1cccs1)C2. The van der Waals surface area contributed by atoms with Crippen LogP contribution in [0.3, 0.4) is 0 Å². The highest BCUT2D eigenvalue weighted by atomic mass is 35.5. The molecule has 0 spiro atoms. The van der Waals surface area contributed by atoms with Crippen molar-refractivity contribution < 1.29 is 9.32 Å². The number of carbonyl (C=O) groups is 1. The molecule has 0 radical (unpaired) electrons. The van der Waals surface area contributed by atoms with Crippen LogP contribution >= 0.6 is 34.7 Å². The number of pyridine rings is 1. The van der Waals surface area contributed by atoms with E-state index in [4.69, 9.17) is 16.1 Å². The van der Waals surface area contributed by atoms with Gasteiger partial charge < -0.3 is 14.4 Å². The topological polar surface area (TPSA) is 77.1 Å². The van der Waals surface area contributed by atoms with Gasteiger partial charge in [-0.2, -0.15) is 0 Å². The van der Waals surface area contributed by atoms with Crippen molar-refractivity contribution in [2.45, 2.75) is 30.0 Å². The van der Waals surface area contributed by atoms with Gasteiger partial charge >= 0.3 is 0 Å². The number of benzene rings is 1. The second-order valence-electron chi connectivity index (χ2n) is 7.42. The highest BCUT2D eigenvalue weighted by Gasteiger charge is 2.29. The summed E-state index contributed by atoms with van der Waals surface area (Å²) in [5.41, 5.74) is 2.83. The Hall–Kier alpha value is -2.81. The van der Waals surface area contributed by atoms with E-state index in [1.54, 1.807) is 29.2 Å². The number of fused-ring (bicyclic) bond motifs is 3. The summed E-state index contributed by atoms with van der Waals surface area (Å²) in [5.74, 6) is -0.422. The molecule has 32 heavy (non-hydrogen) atoms. The summed E-state index contributed by atoms with van der Waals surface area (Å²) in [5, 5.41) is 9.36. The summed E-state index contributed by atoms with van der Waals surface area (Å²) < 4.78 is 6.84. The van der Waals surface area contributed by atoms with Crippen molar-refractivity contribution in [1.82, 2.24) is 15.0 Å². The van der Waals surface area contributed by atoms with Gasteiger partial charge in [-0.15, -0.1) is 23.1 Å². The Morgan fingerprint density at radius 2 is 2.19 bits per heavy atom. The Morgan fingerprint density at radius 3 is 2.94 bits per heavy atom. The van der Waals surface area contributed by atoms with Crippen molar-refractivity contribution in [3.05, 3.63) is 96.9 Å². The Balaban J connectivity index is 1.67. The third-order valence-electron chi connectivity index (χ3n) is 5.32. The second-order valence-corrected chi connectivity index (χ2v) is 10.1. The molecule has 0 fully saturated rings. The lowest BCUT2D eigenvalue weighted by molar-refractivity contribution is 0.0947. The minimum Gasteiger partial charge on any atom is -0.364 e. The fourth-order valence-corrected chi connectivity index (χ4v) is 6.40. The molecule has 5 rings (SSSR count). The molecule has 4 aromatic rings. The highest BCUT2D eigenvalue weighted by Crippen LogP contribution is 2.46. The number of rotatable bonds is 4. The zero-order chi connectivity index (χ0) is 22.2. The van der Waals surface area contributed by atoms with E-state index in [0.29, 0.717) is 22.8 Å². The molecule has 1 unspecified atom stereocenters. The number of hydrogen-bond acceptors (Lipinski definition) is 6. The number of nitrogens with one attached hydrogen (secondary N) is 1. The van der Waals surface area contributed by atoms with Crippen LogP contribution in [0.1, 0.15) is 37.6 Å². The van der Waals surface area contributed by atoms with Gasteiger partial charge in [0.25, 0.3) is 5.91 Å². The number of thiophene rings is 1. The van der Waals surface area contributed by atoms with Crippen LogP contribution in [-0.2, 0) is 13.0 Å². The zero-order valence-electron chi connectivity index (χ0n) is 17.0. The number of carbonyl (C=O) groups excluding carboxylic acids is 1. The van der Waals surface area contributed by atoms with E-state index in [0.717, 1.165) is 16.3 Å². The Bertz CT molecular complexity index is 1350. The molecule has 1 atom stereocenters. The highest BCUT2D eigenvalue weighted by molar-refractivity contribution is 7.99. The first-order valence-corrected chi connectivity index (χ1v) is 12.1. The van der Waals surface area contributed by atoms with Crippen molar-refractivity contribution in [2.75, 3.05) is 0 Å². The minimum atomic E-state index is -0.422. The number of nitrogens with zero attached hydrogens (tertiary/aromatic N) is 2. The van der Waals surface area contributed by atoms with Gasteiger partial charge in [-0.3, -0.25) is 9.59 Å². The van der Waals surface area contributed by atoms with E-state index in [9.17, 15) is 9.59 Å². The first-order valence-electron chi connectivity index (χ1n) is 9.94. The molecule has 0 bridgehead atoms. The Labute approximate surface area is 197 Å². The second kappa shape index (κ2) is 8.61. The van der Waals surface area contributed by atoms with Crippen LogP contribution in [0.2, 0.25) is 5.02 Å². The normalized spacial score (nSPS) is 15.0. The predicted octanol–water partition coefficient (Wildman–Crippen LogP) is 5.17. The van der Waals surface area contributed by atoms with Gasteiger partial charge in [-0.05, 0) is 36.6 Å². The average Bonchev–Trinajstić information content (AvgIpc) is 3.44. The van der Waals surface area contributed by atoms with Gasteiger partial charge in [0.05, 0.1) is 12.2 Å². The molecule has 9 heteroatoms. The lowest BCUT2D eigenvalue weighted by atomic mass is 10.0. The molecule has 162 valence electrons. The summed E-state index contributed by atoms with van der Waals surface area (Å²) in [6.07, 6.45) is 1.97. The third-order valence-corrected chi connectivity index (χ3v) is 7.97. The number of hydrogen-bond donors (Lipinski definition) is 1. The van der Waals surface area contributed by atoms with Crippen molar-refractivity contribution in [3.63, 3.8) is 0 Å². The molecule has 6 nitrogen and oxygen atoms in total. The summed E-state index contributed by atoms with van der Waals surface area (Å²) in [6, 6.07) is 13.0. The number of halogens is 1. The van der Waals surface area contributed by atoms with Crippen molar-refractivity contribution in [3.8, 4) is 5.69 Å². The molecular formula is C23H18ClN3O3S2. The van der Waals surface area contributed by atoms with E-state index < -0.39 is 5.91 Å².